The van der Waals surface area contributed by atoms with Gasteiger partial charge in [0.05, 0.1) is 5.56 Å². The van der Waals surface area contributed by atoms with E-state index >= 15 is 0 Å². The minimum Gasteiger partial charge on any atom is -0.872 e. The van der Waals surface area contributed by atoms with Gasteiger partial charge in [-0.05, 0) is 23.8 Å². The van der Waals surface area contributed by atoms with Gasteiger partial charge in [0.2, 0.25) is 0 Å². The largest absolute Gasteiger partial charge is 1.00 e. The third-order valence-electron chi connectivity index (χ3n) is 2.45. The predicted octanol–water partition coefficient (Wildman–Crippen LogP) is -0.592. The zero-order valence-electron chi connectivity index (χ0n) is 9.98. The van der Waals surface area contributed by atoms with E-state index < -0.39 is 28.9 Å². The Morgan fingerprint density at radius 3 is 2.37 bits per heavy atom. The fraction of sp³-hybridized carbons (Fsp3) is 0. The van der Waals surface area contributed by atoms with Gasteiger partial charge >= 0.3 is 35.5 Å². The quantitative estimate of drug-likeness (QED) is 0.743. The van der Waals surface area contributed by atoms with E-state index in [4.69, 9.17) is 5.11 Å². The monoisotopic (exact) mass is 272 g/mol. The maximum absolute atomic E-state index is 13.5. The van der Waals surface area contributed by atoms with Gasteiger partial charge in [0.25, 0.3) is 0 Å². The van der Waals surface area contributed by atoms with Crippen LogP contribution in [0.4, 0.5) is 8.78 Å². The predicted molar refractivity (Wildman–Crippen MR) is 58.2 cm³/mol. The van der Waals surface area contributed by atoms with Crippen LogP contribution in [0.15, 0.2) is 36.4 Å². The molecule has 2 aromatic rings. The molecule has 0 aliphatic rings. The molecular formula is C13H7F2NaO3. The molecule has 6 heteroatoms. The van der Waals surface area contributed by atoms with Crippen molar-refractivity contribution in [3.8, 4) is 16.9 Å². The van der Waals surface area contributed by atoms with Crippen molar-refractivity contribution in [1.29, 1.82) is 0 Å². The molecule has 0 aromatic heterocycles. The van der Waals surface area contributed by atoms with Gasteiger partial charge in [-0.15, -0.1) is 0 Å². The molecule has 19 heavy (non-hydrogen) atoms. The molecule has 0 amide bonds. The first-order valence-corrected chi connectivity index (χ1v) is 4.99. The van der Waals surface area contributed by atoms with Crippen molar-refractivity contribution in [2.24, 2.45) is 0 Å². The Labute approximate surface area is 129 Å². The number of carboxylic acids is 1. The maximum atomic E-state index is 13.5. The van der Waals surface area contributed by atoms with E-state index in [-0.39, 0.29) is 40.7 Å². The molecule has 0 fully saturated rings. The van der Waals surface area contributed by atoms with Crippen LogP contribution in [0.3, 0.4) is 0 Å². The van der Waals surface area contributed by atoms with Gasteiger partial charge in [-0.2, -0.15) is 0 Å². The normalized spacial score (nSPS) is 9.79. The molecule has 0 unspecified atom stereocenters. The van der Waals surface area contributed by atoms with E-state index in [1.807, 2.05) is 0 Å². The van der Waals surface area contributed by atoms with Gasteiger partial charge in [-0.1, -0.05) is 17.9 Å². The van der Waals surface area contributed by atoms with E-state index in [1.54, 1.807) is 0 Å². The summed E-state index contributed by atoms with van der Waals surface area (Å²) in [5, 5.41) is 20.0. The standard InChI is InChI=1S/C13H8F2O3.Na/c14-8-2-3-9(11(15)6-8)7-1-4-12(16)10(5-7)13(17)18;/h1-6,16H,(H,17,18);/q;+1/p-1. The van der Waals surface area contributed by atoms with Crippen molar-refractivity contribution in [1.82, 2.24) is 0 Å². The molecule has 92 valence electrons. The summed E-state index contributed by atoms with van der Waals surface area (Å²) in [6.07, 6.45) is 0. The number of rotatable bonds is 2. The van der Waals surface area contributed by atoms with Crippen LogP contribution >= 0.6 is 0 Å². The van der Waals surface area contributed by atoms with Crippen LogP contribution in [-0.4, -0.2) is 11.1 Å². The molecule has 2 aromatic carbocycles. The van der Waals surface area contributed by atoms with Crippen LogP contribution in [0, 0.1) is 11.6 Å². The minimum atomic E-state index is -1.38. The Kier molecular flexibility index (Phi) is 5.05. The fourth-order valence-corrected chi connectivity index (χ4v) is 1.59. The number of benzene rings is 2. The summed E-state index contributed by atoms with van der Waals surface area (Å²) in [5.41, 5.74) is -0.195. The third-order valence-corrected chi connectivity index (χ3v) is 2.45. The summed E-state index contributed by atoms with van der Waals surface area (Å²) in [5.74, 6) is -3.58. The average molecular weight is 272 g/mol. The Morgan fingerprint density at radius 1 is 1.11 bits per heavy atom. The topological polar surface area (TPSA) is 60.4 Å². The van der Waals surface area contributed by atoms with E-state index in [0.29, 0.717) is 6.07 Å². The zero-order chi connectivity index (χ0) is 13.3. The number of aromatic carboxylic acids is 1. The molecule has 0 heterocycles. The first-order valence-electron chi connectivity index (χ1n) is 4.99. The van der Waals surface area contributed by atoms with Crippen LogP contribution in [0.2, 0.25) is 0 Å². The van der Waals surface area contributed by atoms with Gasteiger partial charge < -0.3 is 10.2 Å². The zero-order valence-corrected chi connectivity index (χ0v) is 12.0. The number of hydrogen-bond acceptors (Lipinski definition) is 2. The van der Waals surface area contributed by atoms with Crippen molar-refractivity contribution in [3.05, 3.63) is 53.6 Å². The molecule has 0 atom stereocenters. The molecule has 0 aliphatic carbocycles. The molecule has 3 nitrogen and oxygen atoms in total. The van der Waals surface area contributed by atoms with E-state index in [1.165, 1.54) is 12.1 Å². The number of carbonyl (C=O) groups is 1. The second kappa shape index (κ2) is 6.14. The van der Waals surface area contributed by atoms with Crippen molar-refractivity contribution in [2.45, 2.75) is 0 Å². The smallest absolute Gasteiger partial charge is 0.872 e. The molecule has 0 saturated carbocycles. The van der Waals surface area contributed by atoms with E-state index in [2.05, 4.69) is 0 Å². The van der Waals surface area contributed by atoms with Crippen molar-refractivity contribution >= 4 is 5.97 Å². The summed E-state index contributed by atoms with van der Waals surface area (Å²) in [6, 6.07) is 6.36. The summed E-state index contributed by atoms with van der Waals surface area (Å²) in [4.78, 5) is 10.8. The van der Waals surface area contributed by atoms with Gasteiger partial charge in [0.15, 0.2) is 0 Å². The number of halogens is 2. The maximum Gasteiger partial charge on any atom is 1.00 e. The summed E-state index contributed by atoms with van der Waals surface area (Å²) in [6.45, 7) is 0. The summed E-state index contributed by atoms with van der Waals surface area (Å²) >= 11 is 0. The van der Waals surface area contributed by atoms with Crippen molar-refractivity contribution in [2.75, 3.05) is 0 Å². The number of carboxylic acid groups (broad SMARTS) is 1. The summed E-state index contributed by atoms with van der Waals surface area (Å²) in [7, 11) is 0. The van der Waals surface area contributed by atoms with Crippen molar-refractivity contribution in [3.63, 3.8) is 0 Å². The first-order chi connectivity index (χ1) is 8.49. The minimum absolute atomic E-state index is 0. The first kappa shape index (κ1) is 15.6. The Hall–Kier alpha value is -1.43. The van der Waals surface area contributed by atoms with Crippen LogP contribution in [0.25, 0.3) is 11.1 Å². The van der Waals surface area contributed by atoms with Crippen LogP contribution < -0.4 is 34.7 Å². The Balaban J connectivity index is 0.00000180. The average Bonchev–Trinajstić information content (AvgIpc) is 2.30. The molecule has 0 spiro atoms. The molecular weight excluding hydrogens is 265 g/mol. The third kappa shape index (κ3) is 3.32. The van der Waals surface area contributed by atoms with Crippen molar-refractivity contribution < 1.29 is 53.3 Å². The second-order valence-corrected chi connectivity index (χ2v) is 3.64. The van der Waals surface area contributed by atoms with Gasteiger partial charge in [0.1, 0.15) is 11.6 Å². The van der Waals surface area contributed by atoms with Gasteiger partial charge in [0, 0.05) is 11.6 Å². The molecule has 0 radical (unpaired) electrons. The van der Waals surface area contributed by atoms with Gasteiger partial charge in [-0.25, -0.2) is 13.6 Å². The van der Waals surface area contributed by atoms with Crippen LogP contribution in [-0.2, 0) is 0 Å². The SMILES string of the molecule is O=C(O)c1cc(-c2ccc(F)cc2F)ccc1[O-].[Na+]. The van der Waals surface area contributed by atoms with Crippen LogP contribution in [0.1, 0.15) is 10.4 Å². The Bertz CT molecular complexity index is 629. The second-order valence-electron chi connectivity index (χ2n) is 3.64. The molecule has 1 N–H and O–H groups in total. The fourth-order valence-electron chi connectivity index (χ4n) is 1.59. The van der Waals surface area contributed by atoms with Crippen LogP contribution in [0.5, 0.6) is 5.75 Å². The van der Waals surface area contributed by atoms with Gasteiger partial charge in [-0.3, -0.25) is 0 Å². The van der Waals surface area contributed by atoms with E-state index in [9.17, 15) is 18.7 Å². The van der Waals surface area contributed by atoms with E-state index in [0.717, 1.165) is 18.2 Å². The molecule has 0 bridgehead atoms. The molecule has 0 saturated heterocycles. The summed E-state index contributed by atoms with van der Waals surface area (Å²) < 4.78 is 26.3. The number of hydrogen-bond donors (Lipinski definition) is 1. The molecule has 0 aliphatic heterocycles. The molecule has 2 rings (SSSR count). The Morgan fingerprint density at radius 2 is 1.79 bits per heavy atom.